The van der Waals surface area contributed by atoms with E-state index >= 15 is 0 Å². The van der Waals surface area contributed by atoms with Gasteiger partial charge >= 0.3 is 0 Å². The second-order valence-corrected chi connectivity index (χ2v) is 6.99. The third kappa shape index (κ3) is 4.31. The zero-order chi connectivity index (χ0) is 15.5. The summed E-state index contributed by atoms with van der Waals surface area (Å²) in [6, 6.07) is 4.50. The molecule has 112 valence electrons. The molecule has 1 rings (SSSR count). The molecule has 0 spiro atoms. The van der Waals surface area contributed by atoms with E-state index in [2.05, 4.69) is 26.1 Å². The lowest BCUT2D eigenvalue weighted by Gasteiger charge is -2.16. The summed E-state index contributed by atoms with van der Waals surface area (Å²) in [5, 5.41) is 7.93. The minimum Gasteiger partial charge on any atom is -0.352 e. The average molecular weight is 298 g/mol. The van der Waals surface area contributed by atoms with Gasteiger partial charge in [-0.25, -0.2) is 13.6 Å². The molecule has 0 fully saturated rings. The number of hydrogen-bond donors (Lipinski definition) is 2. The number of rotatable bonds is 5. The molecule has 0 saturated carbocycles. The normalized spacial score (nSPS) is 13.3. The number of carbonyl (C=O) groups is 1. The number of amides is 1. The van der Waals surface area contributed by atoms with E-state index in [9.17, 15) is 13.2 Å². The molecule has 5 nitrogen and oxygen atoms in total. The van der Waals surface area contributed by atoms with Gasteiger partial charge in [-0.05, 0) is 36.5 Å². The van der Waals surface area contributed by atoms with Gasteiger partial charge < -0.3 is 5.32 Å². The van der Waals surface area contributed by atoms with Crippen LogP contribution in [0.1, 0.15) is 36.7 Å². The molecule has 0 aromatic heterocycles. The smallest absolute Gasteiger partial charge is 0.251 e. The molecule has 1 unspecified atom stereocenters. The molecule has 1 atom stereocenters. The van der Waals surface area contributed by atoms with Crippen LogP contribution in [0.4, 0.5) is 0 Å². The Hall–Kier alpha value is -1.40. The standard InChI is InChI=1S/C14H22N2O3S/c1-9(2)11(4)8-16-14(17)12-6-5-10(3)13(7-12)20(15,18)19/h5-7,9,11H,8H2,1-4H3,(H,16,17)(H2,15,18,19). The highest BCUT2D eigenvalue weighted by atomic mass is 32.2. The van der Waals surface area contributed by atoms with Crippen molar-refractivity contribution in [3.63, 3.8) is 0 Å². The van der Waals surface area contributed by atoms with Crippen molar-refractivity contribution in [3.05, 3.63) is 29.3 Å². The molecular weight excluding hydrogens is 276 g/mol. The summed E-state index contributed by atoms with van der Waals surface area (Å²) in [7, 11) is -3.81. The number of sulfonamides is 1. The van der Waals surface area contributed by atoms with Crippen molar-refractivity contribution in [2.24, 2.45) is 17.0 Å². The van der Waals surface area contributed by atoms with Crippen LogP contribution in [0.3, 0.4) is 0 Å². The predicted molar refractivity (Wildman–Crippen MR) is 78.9 cm³/mol. The van der Waals surface area contributed by atoms with Crippen LogP contribution in [0.2, 0.25) is 0 Å². The molecule has 1 amide bonds. The molecule has 1 aromatic carbocycles. The Labute approximate surface area is 120 Å². The van der Waals surface area contributed by atoms with Gasteiger partial charge in [0.2, 0.25) is 10.0 Å². The number of hydrogen-bond acceptors (Lipinski definition) is 3. The van der Waals surface area contributed by atoms with Gasteiger partial charge in [0.05, 0.1) is 4.90 Å². The van der Waals surface area contributed by atoms with Crippen molar-refractivity contribution in [3.8, 4) is 0 Å². The van der Waals surface area contributed by atoms with Gasteiger partial charge in [0.25, 0.3) is 5.91 Å². The summed E-state index contributed by atoms with van der Waals surface area (Å²) >= 11 is 0. The molecule has 0 aliphatic carbocycles. The van der Waals surface area contributed by atoms with Gasteiger partial charge in [-0.3, -0.25) is 4.79 Å². The predicted octanol–water partition coefficient (Wildman–Crippen LogP) is 1.66. The Bertz CT molecular complexity index is 594. The first-order valence-electron chi connectivity index (χ1n) is 6.54. The first-order chi connectivity index (χ1) is 9.12. The van der Waals surface area contributed by atoms with Crippen LogP contribution in [-0.4, -0.2) is 20.9 Å². The van der Waals surface area contributed by atoms with Crippen molar-refractivity contribution < 1.29 is 13.2 Å². The third-order valence-electron chi connectivity index (χ3n) is 3.48. The summed E-state index contributed by atoms with van der Waals surface area (Å²) < 4.78 is 22.9. The molecule has 0 saturated heterocycles. The van der Waals surface area contributed by atoms with Gasteiger partial charge in [0.1, 0.15) is 0 Å². The molecule has 0 aliphatic rings. The Balaban J connectivity index is 2.90. The topological polar surface area (TPSA) is 89.3 Å². The summed E-state index contributed by atoms with van der Waals surface area (Å²) in [6.45, 7) is 8.41. The maximum absolute atomic E-state index is 12.0. The van der Waals surface area contributed by atoms with Crippen LogP contribution in [0.5, 0.6) is 0 Å². The van der Waals surface area contributed by atoms with E-state index in [1.54, 1.807) is 19.1 Å². The Morgan fingerprint density at radius 2 is 1.90 bits per heavy atom. The van der Waals surface area contributed by atoms with E-state index < -0.39 is 10.0 Å². The second-order valence-electron chi connectivity index (χ2n) is 5.46. The molecule has 1 aromatic rings. The van der Waals surface area contributed by atoms with Gasteiger partial charge in [0.15, 0.2) is 0 Å². The van der Waals surface area contributed by atoms with Gasteiger partial charge in [-0.2, -0.15) is 0 Å². The maximum atomic E-state index is 12.0. The second kappa shape index (κ2) is 6.37. The minimum absolute atomic E-state index is 0.0120. The highest BCUT2D eigenvalue weighted by Crippen LogP contribution is 2.16. The third-order valence-corrected chi connectivity index (χ3v) is 4.53. The first-order valence-corrected chi connectivity index (χ1v) is 8.09. The largest absolute Gasteiger partial charge is 0.352 e. The number of primary sulfonamides is 1. The zero-order valence-electron chi connectivity index (χ0n) is 12.3. The number of nitrogens with one attached hydrogen (secondary N) is 1. The van der Waals surface area contributed by atoms with Crippen molar-refractivity contribution >= 4 is 15.9 Å². The Morgan fingerprint density at radius 1 is 1.30 bits per heavy atom. The lowest BCUT2D eigenvalue weighted by molar-refractivity contribution is 0.0944. The monoisotopic (exact) mass is 298 g/mol. The fourth-order valence-electron chi connectivity index (χ4n) is 1.64. The van der Waals surface area contributed by atoms with E-state index in [0.717, 1.165) is 0 Å². The van der Waals surface area contributed by atoms with Crippen molar-refractivity contribution in [2.45, 2.75) is 32.6 Å². The maximum Gasteiger partial charge on any atom is 0.251 e. The van der Waals surface area contributed by atoms with Gasteiger partial charge in [-0.1, -0.05) is 26.8 Å². The van der Waals surface area contributed by atoms with Crippen LogP contribution >= 0.6 is 0 Å². The fourth-order valence-corrected chi connectivity index (χ4v) is 2.45. The number of benzene rings is 1. The zero-order valence-corrected chi connectivity index (χ0v) is 13.1. The molecule has 0 radical (unpaired) electrons. The van der Waals surface area contributed by atoms with Crippen LogP contribution in [0.15, 0.2) is 23.1 Å². The van der Waals surface area contributed by atoms with Crippen molar-refractivity contribution in [2.75, 3.05) is 6.54 Å². The average Bonchev–Trinajstić information content (AvgIpc) is 2.34. The van der Waals surface area contributed by atoms with E-state index in [4.69, 9.17) is 5.14 Å². The van der Waals surface area contributed by atoms with Crippen LogP contribution < -0.4 is 10.5 Å². The number of carbonyl (C=O) groups excluding carboxylic acids is 1. The van der Waals surface area contributed by atoms with E-state index in [1.807, 2.05) is 0 Å². The summed E-state index contributed by atoms with van der Waals surface area (Å²) in [4.78, 5) is 12.0. The molecule has 0 heterocycles. The summed E-state index contributed by atoms with van der Waals surface area (Å²) in [5.74, 6) is 0.526. The summed E-state index contributed by atoms with van der Waals surface area (Å²) in [6.07, 6.45) is 0. The molecule has 6 heteroatoms. The van der Waals surface area contributed by atoms with E-state index in [0.29, 0.717) is 29.5 Å². The Kier molecular flexibility index (Phi) is 5.30. The molecule has 0 bridgehead atoms. The van der Waals surface area contributed by atoms with Crippen molar-refractivity contribution in [1.82, 2.24) is 5.32 Å². The van der Waals surface area contributed by atoms with E-state index in [-0.39, 0.29) is 10.8 Å². The highest BCUT2D eigenvalue weighted by Gasteiger charge is 2.16. The first kappa shape index (κ1) is 16.7. The molecular formula is C14H22N2O3S. The number of nitrogens with two attached hydrogens (primary N) is 1. The quantitative estimate of drug-likeness (QED) is 0.866. The minimum atomic E-state index is -3.81. The van der Waals surface area contributed by atoms with Crippen LogP contribution in [-0.2, 0) is 10.0 Å². The lowest BCUT2D eigenvalue weighted by atomic mass is 9.98. The number of aryl methyl sites for hydroxylation is 1. The van der Waals surface area contributed by atoms with E-state index in [1.165, 1.54) is 6.07 Å². The van der Waals surface area contributed by atoms with Crippen LogP contribution in [0.25, 0.3) is 0 Å². The molecule has 0 aliphatic heterocycles. The van der Waals surface area contributed by atoms with Crippen LogP contribution in [0, 0.1) is 18.8 Å². The molecule has 20 heavy (non-hydrogen) atoms. The summed E-state index contributed by atoms with van der Waals surface area (Å²) in [5.41, 5.74) is 0.829. The fraction of sp³-hybridized carbons (Fsp3) is 0.500. The molecule has 3 N–H and O–H groups in total. The van der Waals surface area contributed by atoms with Gasteiger partial charge in [0, 0.05) is 12.1 Å². The van der Waals surface area contributed by atoms with Gasteiger partial charge in [-0.15, -0.1) is 0 Å². The Morgan fingerprint density at radius 3 is 2.40 bits per heavy atom. The highest BCUT2D eigenvalue weighted by molar-refractivity contribution is 7.89. The SMILES string of the molecule is Cc1ccc(C(=O)NCC(C)C(C)C)cc1S(N)(=O)=O. The van der Waals surface area contributed by atoms with Crippen molar-refractivity contribution in [1.29, 1.82) is 0 Å². The lowest BCUT2D eigenvalue weighted by Crippen LogP contribution is -2.30.